The third-order valence-corrected chi connectivity index (χ3v) is 6.74. The van der Waals surface area contributed by atoms with E-state index in [9.17, 15) is 53.1 Å². The number of fused-ring (bicyclic) bond motifs is 1. The molecule has 2 rings (SSSR count). The first-order valence-electron chi connectivity index (χ1n) is 15.2. The van der Waals surface area contributed by atoms with E-state index in [2.05, 4.69) is 46.7 Å². The number of hydrogen-bond acceptors (Lipinski definition) is 20. The number of aromatic nitrogens is 5. The topological polar surface area (TPSA) is 363 Å². The molecule has 300 valence electrons. The number of hydrazine groups is 1. The summed E-state index contributed by atoms with van der Waals surface area (Å²) in [5, 5.41) is 30.5. The number of aliphatic carboxylic acids is 2. The molecule has 6 N–H and O–H groups in total. The normalized spacial score (nSPS) is 13.3. The molecule has 0 spiro atoms. The number of methoxy groups -OCH3 is 1. The average Bonchev–Trinajstić information content (AvgIpc) is 3.57. The number of ether oxygens (including phenoxy) is 6. The standard InChI is InChI=1S/C28H35N9O18/c1-11(29-3)12(2)51-16(38)7-13(21(41)30-4)53-28(49)55-26(25(46)47)54-18(40)8-14(52-17(39)9-15(50-6)24(44)45)22(42)33-34-23(43)19-20-32-35-36(5)27(48)37(20)10-31-19/h10,12-15,26,29H,1,7-9H2,2-6H3,(H,30,41)(H,33,42)(H,34,43)(H,44,45)(H,46,47). The molecule has 0 aliphatic carbocycles. The van der Waals surface area contributed by atoms with Gasteiger partial charge in [0, 0.05) is 33.9 Å². The Bertz CT molecular complexity index is 1890. The molecule has 5 unspecified atom stereocenters. The first-order chi connectivity index (χ1) is 25.8. The number of carboxylic acid groups (broad SMARTS) is 2. The average molecular weight is 786 g/mol. The molecular weight excluding hydrogens is 750 g/mol. The van der Waals surface area contributed by atoms with Crippen molar-refractivity contribution < 1.29 is 81.8 Å². The van der Waals surface area contributed by atoms with E-state index in [-0.39, 0.29) is 11.3 Å². The molecule has 0 aliphatic heterocycles. The van der Waals surface area contributed by atoms with Gasteiger partial charge in [-0.2, -0.15) is 4.68 Å². The molecule has 0 aliphatic rings. The number of carbonyl (C=O) groups is 9. The first-order valence-corrected chi connectivity index (χ1v) is 15.2. The summed E-state index contributed by atoms with van der Waals surface area (Å²) >= 11 is 0. The van der Waals surface area contributed by atoms with Crippen LogP contribution in [0.2, 0.25) is 0 Å². The summed E-state index contributed by atoms with van der Waals surface area (Å²) in [5.74, 6) is -11.7. The molecule has 55 heavy (non-hydrogen) atoms. The maximum absolute atomic E-state index is 13.0. The van der Waals surface area contributed by atoms with E-state index in [1.165, 1.54) is 21.0 Å². The molecule has 5 atom stereocenters. The van der Waals surface area contributed by atoms with Crippen molar-refractivity contribution in [1.82, 2.24) is 45.9 Å². The van der Waals surface area contributed by atoms with Gasteiger partial charge in [0.15, 0.2) is 29.7 Å². The molecule has 2 heterocycles. The number of carboxylic acids is 2. The van der Waals surface area contributed by atoms with Crippen molar-refractivity contribution in [2.24, 2.45) is 7.05 Å². The maximum Gasteiger partial charge on any atom is 0.512 e. The molecular formula is C28H35N9O18. The fourth-order valence-corrected chi connectivity index (χ4v) is 3.81. The van der Waals surface area contributed by atoms with E-state index in [0.29, 0.717) is 0 Å². The van der Waals surface area contributed by atoms with Gasteiger partial charge in [-0.15, -0.1) is 5.10 Å². The van der Waals surface area contributed by atoms with Gasteiger partial charge in [0.25, 0.3) is 17.7 Å². The predicted molar refractivity (Wildman–Crippen MR) is 170 cm³/mol. The Morgan fingerprint density at radius 1 is 0.800 bits per heavy atom. The first kappa shape index (κ1) is 44.0. The van der Waals surface area contributed by atoms with Gasteiger partial charge >= 0.3 is 48.0 Å². The number of esters is 3. The summed E-state index contributed by atoms with van der Waals surface area (Å²) in [4.78, 5) is 127. The molecule has 0 saturated carbocycles. The third kappa shape index (κ3) is 12.8. The molecule has 2 aromatic rings. The number of aryl methyl sites for hydroxylation is 1. The minimum Gasteiger partial charge on any atom is -0.479 e. The molecule has 0 fully saturated rings. The highest BCUT2D eigenvalue weighted by Gasteiger charge is 2.35. The zero-order chi connectivity index (χ0) is 41.6. The van der Waals surface area contributed by atoms with Gasteiger partial charge in [-0.1, -0.05) is 11.8 Å². The quantitative estimate of drug-likeness (QED) is 0.0339. The van der Waals surface area contributed by atoms with Gasteiger partial charge in [-0.25, -0.2) is 28.6 Å². The van der Waals surface area contributed by atoms with E-state index >= 15 is 0 Å². The van der Waals surface area contributed by atoms with E-state index in [1.54, 1.807) is 5.43 Å². The summed E-state index contributed by atoms with van der Waals surface area (Å²) in [6, 6.07) is 0. The van der Waals surface area contributed by atoms with Crippen LogP contribution >= 0.6 is 0 Å². The molecule has 0 aromatic carbocycles. The van der Waals surface area contributed by atoms with Crippen LogP contribution in [0, 0.1) is 0 Å². The van der Waals surface area contributed by atoms with Crippen LogP contribution in [-0.4, -0.2) is 140 Å². The van der Waals surface area contributed by atoms with Crippen LogP contribution in [0.4, 0.5) is 4.79 Å². The number of amides is 3. The van der Waals surface area contributed by atoms with Crippen LogP contribution < -0.4 is 27.2 Å². The lowest BCUT2D eigenvalue weighted by molar-refractivity contribution is -0.193. The largest absolute Gasteiger partial charge is 0.512 e. The van der Waals surface area contributed by atoms with Crippen molar-refractivity contribution in [3.05, 3.63) is 34.8 Å². The zero-order valence-electron chi connectivity index (χ0n) is 29.5. The van der Waals surface area contributed by atoms with E-state index < -0.39 is 115 Å². The van der Waals surface area contributed by atoms with Crippen molar-refractivity contribution in [2.75, 3.05) is 21.2 Å². The fraction of sp³-hybridized carbons (Fsp3) is 0.464. The molecule has 0 saturated heterocycles. The van der Waals surface area contributed by atoms with Gasteiger partial charge in [0.05, 0.1) is 19.3 Å². The minimum atomic E-state index is -2.83. The van der Waals surface area contributed by atoms with Crippen molar-refractivity contribution in [3.8, 4) is 0 Å². The maximum atomic E-state index is 13.0. The van der Waals surface area contributed by atoms with Gasteiger partial charge in [-0.05, 0) is 6.92 Å². The van der Waals surface area contributed by atoms with Crippen LogP contribution in [0.25, 0.3) is 5.65 Å². The summed E-state index contributed by atoms with van der Waals surface area (Å²) in [5.41, 5.74) is 2.31. The fourth-order valence-electron chi connectivity index (χ4n) is 3.81. The van der Waals surface area contributed by atoms with Crippen molar-refractivity contribution >= 4 is 59.4 Å². The number of rotatable bonds is 19. The monoisotopic (exact) mass is 785 g/mol. The van der Waals surface area contributed by atoms with E-state index in [4.69, 9.17) is 19.3 Å². The Morgan fingerprint density at radius 3 is 1.95 bits per heavy atom. The predicted octanol–water partition coefficient (Wildman–Crippen LogP) is -4.35. The zero-order valence-corrected chi connectivity index (χ0v) is 29.5. The van der Waals surface area contributed by atoms with Crippen molar-refractivity contribution in [2.45, 2.75) is 56.9 Å². The van der Waals surface area contributed by atoms with E-state index in [0.717, 1.165) is 29.6 Å². The molecule has 0 bridgehead atoms. The molecule has 2 aromatic heterocycles. The Balaban J connectivity index is 2.19. The number of imidazole rings is 1. The Morgan fingerprint density at radius 2 is 1.38 bits per heavy atom. The summed E-state index contributed by atoms with van der Waals surface area (Å²) in [6.45, 7) is 5.04. The number of nitrogens with one attached hydrogen (secondary N) is 4. The molecule has 27 heteroatoms. The number of carbonyl (C=O) groups excluding carboxylic acids is 7. The van der Waals surface area contributed by atoms with Gasteiger partial charge in [-0.3, -0.25) is 39.6 Å². The Kier molecular flexibility index (Phi) is 16.1. The minimum absolute atomic E-state index is 0.280. The summed E-state index contributed by atoms with van der Waals surface area (Å²) < 4.78 is 30.0. The van der Waals surface area contributed by atoms with Crippen LogP contribution in [0.5, 0.6) is 0 Å². The van der Waals surface area contributed by atoms with Crippen LogP contribution in [0.3, 0.4) is 0 Å². The smallest absolute Gasteiger partial charge is 0.479 e. The molecule has 27 nitrogen and oxygen atoms in total. The van der Waals surface area contributed by atoms with Gasteiger partial charge in [0.2, 0.25) is 0 Å². The highest BCUT2D eigenvalue weighted by atomic mass is 16.8. The second-order valence-corrected chi connectivity index (χ2v) is 10.5. The van der Waals surface area contributed by atoms with Gasteiger partial charge in [0.1, 0.15) is 12.4 Å². The lowest BCUT2D eigenvalue weighted by Crippen LogP contribution is -2.49. The molecule has 0 radical (unpaired) electrons. The third-order valence-electron chi connectivity index (χ3n) is 6.74. The number of nitrogens with zero attached hydrogens (tertiary/aromatic N) is 5. The SMILES string of the molecule is C=C(NC)C(C)OC(=O)CC(OC(=O)OC(OC(=O)CC(OC(=O)CC(OC)C(=O)O)C(=O)NNC(=O)c1ncn2c(=O)n(C)nnc12)C(=O)O)C(=O)NC. The number of hydrogen-bond donors (Lipinski definition) is 6. The van der Waals surface area contributed by atoms with Gasteiger partial charge < -0.3 is 49.3 Å². The second-order valence-electron chi connectivity index (χ2n) is 10.5. The van der Waals surface area contributed by atoms with Crippen LogP contribution in [0.1, 0.15) is 36.7 Å². The van der Waals surface area contributed by atoms with Crippen LogP contribution in [-0.2, 0) is 69.0 Å². The number of likely N-dealkylation sites (N-methyl/N-ethyl adjacent to an activating group) is 2. The van der Waals surface area contributed by atoms with E-state index in [1.807, 2.05) is 5.43 Å². The molecule has 3 amide bonds. The van der Waals surface area contributed by atoms with Crippen LogP contribution in [0.15, 0.2) is 23.4 Å². The Labute approximate surface area is 307 Å². The lowest BCUT2D eigenvalue weighted by atomic mass is 10.2. The van der Waals surface area contributed by atoms with Crippen molar-refractivity contribution in [1.29, 1.82) is 0 Å². The Hall–Kier alpha value is -7.19. The summed E-state index contributed by atoms with van der Waals surface area (Å²) in [7, 11) is 4.81. The van der Waals surface area contributed by atoms with Crippen molar-refractivity contribution in [3.63, 3.8) is 0 Å². The second kappa shape index (κ2) is 20.2. The summed E-state index contributed by atoms with van der Waals surface area (Å²) in [6.07, 6.45) is -14.0. The highest BCUT2D eigenvalue weighted by molar-refractivity contribution is 5.99. The highest BCUT2D eigenvalue weighted by Crippen LogP contribution is 2.12. The lowest BCUT2D eigenvalue weighted by Gasteiger charge is -2.21.